The molecule has 0 bridgehead atoms. The summed E-state index contributed by atoms with van der Waals surface area (Å²) in [5.41, 5.74) is 2.04. The van der Waals surface area contributed by atoms with E-state index in [9.17, 15) is 0 Å². The van der Waals surface area contributed by atoms with Gasteiger partial charge < -0.3 is 10.1 Å². The number of nitrogens with zero attached hydrogens (tertiary/aromatic N) is 2. The minimum absolute atomic E-state index is 0.116. The number of benzene rings is 1. The van der Waals surface area contributed by atoms with Gasteiger partial charge in [-0.1, -0.05) is 12.1 Å². The molecular formula is C17H25N3O. The van der Waals surface area contributed by atoms with Gasteiger partial charge in [0.1, 0.15) is 0 Å². The van der Waals surface area contributed by atoms with Gasteiger partial charge in [0, 0.05) is 31.2 Å². The molecule has 1 heterocycles. The van der Waals surface area contributed by atoms with Crippen molar-refractivity contribution in [2.45, 2.75) is 32.4 Å². The van der Waals surface area contributed by atoms with Crippen molar-refractivity contribution in [3.05, 3.63) is 35.4 Å². The van der Waals surface area contributed by atoms with Crippen molar-refractivity contribution in [3.63, 3.8) is 0 Å². The fraction of sp³-hybridized carbons (Fsp3) is 0.588. The van der Waals surface area contributed by atoms with Crippen LogP contribution in [0.5, 0.6) is 0 Å². The highest BCUT2D eigenvalue weighted by Crippen LogP contribution is 2.18. The van der Waals surface area contributed by atoms with E-state index < -0.39 is 0 Å². The minimum atomic E-state index is 0.116. The number of nitrogens with one attached hydrogen (secondary N) is 1. The van der Waals surface area contributed by atoms with Crippen molar-refractivity contribution in [3.8, 4) is 6.07 Å². The van der Waals surface area contributed by atoms with Gasteiger partial charge >= 0.3 is 0 Å². The van der Waals surface area contributed by atoms with Crippen molar-refractivity contribution < 1.29 is 4.74 Å². The molecule has 1 fully saturated rings. The van der Waals surface area contributed by atoms with Crippen molar-refractivity contribution in [2.24, 2.45) is 0 Å². The van der Waals surface area contributed by atoms with E-state index in [0.29, 0.717) is 5.56 Å². The summed E-state index contributed by atoms with van der Waals surface area (Å²) in [7, 11) is 0. The van der Waals surface area contributed by atoms with Crippen LogP contribution in [-0.2, 0) is 4.74 Å². The quantitative estimate of drug-likeness (QED) is 0.903. The predicted molar refractivity (Wildman–Crippen MR) is 84.0 cm³/mol. The Labute approximate surface area is 127 Å². The van der Waals surface area contributed by atoms with Crippen LogP contribution in [0.1, 0.15) is 37.9 Å². The summed E-state index contributed by atoms with van der Waals surface area (Å²) in [4.78, 5) is 2.48. The molecule has 21 heavy (non-hydrogen) atoms. The summed E-state index contributed by atoms with van der Waals surface area (Å²) in [5.74, 6) is 0. The maximum atomic E-state index is 8.84. The fourth-order valence-corrected chi connectivity index (χ4v) is 2.65. The molecule has 0 aliphatic carbocycles. The zero-order valence-electron chi connectivity index (χ0n) is 13.2. The number of nitriles is 1. The lowest BCUT2D eigenvalue weighted by atomic mass is 10.00. The van der Waals surface area contributed by atoms with Crippen LogP contribution >= 0.6 is 0 Å². The van der Waals surface area contributed by atoms with Crippen LogP contribution in [0.3, 0.4) is 0 Å². The molecule has 1 N–H and O–H groups in total. The van der Waals surface area contributed by atoms with Gasteiger partial charge in [-0.15, -0.1) is 0 Å². The van der Waals surface area contributed by atoms with Gasteiger partial charge in [0.2, 0.25) is 0 Å². The van der Waals surface area contributed by atoms with Gasteiger partial charge in [-0.3, -0.25) is 4.90 Å². The maximum absolute atomic E-state index is 8.84. The van der Waals surface area contributed by atoms with Crippen LogP contribution in [0.25, 0.3) is 0 Å². The highest BCUT2D eigenvalue weighted by atomic mass is 16.5. The van der Waals surface area contributed by atoms with E-state index in [0.717, 1.165) is 32.8 Å². The highest BCUT2D eigenvalue weighted by Gasteiger charge is 2.28. The molecule has 1 saturated heterocycles. The normalized spacial score (nSPS) is 18.2. The Morgan fingerprint density at radius 3 is 2.48 bits per heavy atom. The third-order valence-electron chi connectivity index (χ3n) is 4.25. The maximum Gasteiger partial charge on any atom is 0.0991 e. The Hall–Kier alpha value is -1.41. The van der Waals surface area contributed by atoms with Gasteiger partial charge in [0.15, 0.2) is 0 Å². The zero-order chi connectivity index (χ0) is 15.3. The van der Waals surface area contributed by atoms with Crippen LogP contribution < -0.4 is 5.32 Å². The molecule has 1 aliphatic rings. The zero-order valence-corrected chi connectivity index (χ0v) is 13.2. The van der Waals surface area contributed by atoms with E-state index in [1.165, 1.54) is 5.56 Å². The Balaban J connectivity index is 1.89. The summed E-state index contributed by atoms with van der Waals surface area (Å²) in [6, 6.07) is 10.2. The average molecular weight is 287 g/mol. The number of rotatable bonds is 5. The molecule has 0 saturated carbocycles. The molecule has 1 atom stereocenters. The third-order valence-corrected chi connectivity index (χ3v) is 4.25. The highest BCUT2D eigenvalue weighted by molar-refractivity contribution is 5.32. The monoisotopic (exact) mass is 287 g/mol. The van der Waals surface area contributed by atoms with Gasteiger partial charge in [-0.2, -0.15) is 5.26 Å². The molecule has 1 aromatic rings. The lowest BCUT2D eigenvalue weighted by molar-refractivity contribution is -0.0102. The summed E-state index contributed by atoms with van der Waals surface area (Å²) in [5, 5.41) is 12.4. The van der Waals surface area contributed by atoms with Crippen molar-refractivity contribution in [1.29, 1.82) is 5.26 Å². The minimum Gasteiger partial charge on any atom is -0.379 e. The van der Waals surface area contributed by atoms with E-state index >= 15 is 0 Å². The Kier molecular flexibility index (Phi) is 5.35. The van der Waals surface area contributed by atoms with Gasteiger partial charge in [-0.25, -0.2) is 0 Å². The van der Waals surface area contributed by atoms with Crippen LogP contribution in [0.15, 0.2) is 24.3 Å². The predicted octanol–water partition coefficient (Wildman–Crippen LogP) is 2.32. The largest absolute Gasteiger partial charge is 0.379 e. The van der Waals surface area contributed by atoms with E-state index in [4.69, 9.17) is 10.00 Å². The lowest BCUT2D eigenvalue weighted by Gasteiger charge is -2.41. The molecule has 114 valence electrons. The Morgan fingerprint density at radius 2 is 1.90 bits per heavy atom. The fourth-order valence-electron chi connectivity index (χ4n) is 2.65. The second kappa shape index (κ2) is 7.04. The molecule has 0 radical (unpaired) electrons. The Morgan fingerprint density at radius 1 is 1.29 bits per heavy atom. The van der Waals surface area contributed by atoms with Crippen molar-refractivity contribution >= 4 is 0 Å². The molecule has 0 spiro atoms. The SMILES string of the molecule is CC(NCC(C)(C)N1CCOCC1)c1ccc(C#N)cc1. The molecule has 0 aromatic heterocycles. The number of hydrogen-bond acceptors (Lipinski definition) is 4. The summed E-state index contributed by atoms with van der Waals surface area (Å²) < 4.78 is 5.42. The van der Waals surface area contributed by atoms with Crippen molar-refractivity contribution in [2.75, 3.05) is 32.8 Å². The lowest BCUT2D eigenvalue weighted by Crippen LogP contribution is -2.54. The molecule has 1 aromatic carbocycles. The first-order valence-corrected chi connectivity index (χ1v) is 7.59. The number of hydrogen-bond donors (Lipinski definition) is 1. The van der Waals surface area contributed by atoms with Crippen molar-refractivity contribution in [1.82, 2.24) is 10.2 Å². The second-order valence-corrected chi connectivity index (χ2v) is 6.25. The summed E-state index contributed by atoms with van der Waals surface area (Å²) in [6.45, 7) is 11.3. The molecule has 4 heteroatoms. The molecule has 0 amide bonds. The van der Waals surface area contributed by atoms with Crippen LogP contribution in [0, 0.1) is 11.3 Å². The first kappa shape index (κ1) is 16.0. The van der Waals surface area contributed by atoms with Crippen LogP contribution in [-0.4, -0.2) is 43.3 Å². The molecule has 4 nitrogen and oxygen atoms in total. The summed E-state index contributed by atoms with van der Waals surface area (Å²) in [6.07, 6.45) is 0. The Bertz CT molecular complexity index is 484. The number of morpholine rings is 1. The molecule has 1 aliphatic heterocycles. The van der Waals surface area contributed by atoms with E-state index in [-0.39, 0.29) is 11.6 Å². The van der Waals surface area contributed by atoms with E-state index in [1.54, 1.807) is 0 Å². The topological polar surface area (TPSA) is 48.3 Å². The second-order valence-electron chi connectivity index (χ2n) is 6.25. The van der Waals surface area contributed by atoms with Crippen LogP contribution in [0.4, 0.5) is 0 Å². The van der Waals surface area contributed by atoms with E-state index in [2.05, 4.69) is 37.1 Å². The first-order chi connectivity index (χ1) is 10.0. The molecular weight excluding hydrogens is 262 g/mol. The van der Waals surface area contributed by atoms with Gasteiger partial charge in [-0.05, 0) is 38.5 Å². The molecule has 1 unspecified atom stereocenters. The van der Waals surface area contributed by atoms with Gasteiger partial charge in [0.05, 0.1) is 24.8 Å². The van der Waals surface area contributed by atoms with Crippen LogP contribution in [0.2, 0.25) is 0 Å². The molecule has 2 rings (SSSR count). The van der Waals surface area contributed by atoms with E-state index in [1.807, 2.05) is 24.3 Å². The summed E-state index contributed by atoms with van der Waals surface area (Å²) >= 11 is 0. The number of ether oxygens (including phenoxy) is 1. The first-order valence-electron chi connectivity index (χ1n) is 7.59. The average Bonchev–Trinajstić information content (AvgIpc) is 2.53. The smallest absolute Gasteiger partial charge is 0.0991 e. The standard InChI is InChI=1S/C17H25N3O/c1-14(16-6-4-15(12-18)5-7-16)19-13-17(2,3)20-8-10-21-11-9-20/h4-7,14,19H,8-11,13H2,1-3H3. The third kappa shape index (κ3) is 4.28. The van der Waals surface area contributed by atoms with Gasteiger partial charge in [0.25, 0.3) is 0 Å².